The van der Waals surface area contributed by atoms with Crippen LogP contribution in [0.4, 0.5) is 10.1 Å². The monoisotopic (exact) mass is 296 g/mol. The molecule has 0 spiro atoms. The highest BCUT2D eigenvalue weighted by molar-refractivity contribution is 7.95. The molecular weight excluding hydrogens is 287 g/mol. The lowest BCUT2D eigenvalue weighted by Crippen LogP contribution is -2.35. The van der Waals surface area contributed by atoms with Crippen molar-refractivity contribution in [1.29, 1.82) is 0 Å². The van der Waals surface area contributed by atoms with Gasteiger partial charge in [-0.25, -0.2) is 12.8 Å². The Hall–Kier alpha value is -0.920. The molecule has 1 aromatic carbocycles. The van der Waals surface area contributed by atoms with Crippen LogP contribution in [0.25, 0.3) is 0 Å². The van der Waals surface area contributed by atoms with Crippen LogP contribution in [0.2, 0.25) is 5.02 Å². The maximum Gasteiger partial charge on any atom is 0.241 e. The zero-order chi connectivity index (χ0) is 13.2. The number of anilines is 1. The van der Waals surface area contributed by atoms with Crippen LogP contribution in [0.5, 0.6) is 0 Å². The minimum atomic E-state index is -3.87. The predicted octanol–water partition coefficient (Wildman–Crippen LogP) is 1.90. The first-order chi connectivity index (χ1) is 7.75. The molecule has 0 aromatic heterocycles. The summed E-state index contributed by atoms with van der Waals surface area (Å²) < 4.78 is 39.0. The average Bonchev–Trinajstić information content (AvgIpc) is 2.23. The summed E-state index contributed by atoms with van der Waals surface area (Å²) in [5, 5.41) is -1.27. The van der Waals surface area contributed by atoms with Crippen molar-refractivity contribution in [1.82, 2.24) is 0 Å². The maximum atomic E-state index is 13.5. The van der Waals surface area contributed by atoms with E-state index in [4.69, 9.17) is 17.3 Å². The lowest BCUT2D eigenvalue weighted by atomic mass is 10.3. The highest BCUT2D eigenvalue weighted by atomic mass is 35.5. The number of hydrogen-bond donors (Lipinski definition) is 2. The van der Waals surface area contributed by atoms with Crippen LogP contribution in [0.1, 0.15) is 6.92 Å². The van der Waals surface area contributed by atoms with Gasteiger partial charge in [0.15, 0.2) is 5.82 Å². The molecule has 1 rings (SSSR count). The molecule has 8 heteroatoms. The fourth-order valence-electron chi connectivity index (χ4n) is 0.977. The van der Waals surface area contributed by atoms with E-state index < -0.39 is 21.1 Å². The summed E-state index contributed by atoms with van der Waals surface area (Å²) in [6, 6.07) is 3.99. The number of nitrogens with two attached hydrogens (primary N) is 1. The topological polar surface area (TPSA) is 72.2 Å². The Kier molecular flexibility index (Phi) is 4.29. The minimum Gasteiger partial charge on any atom is -0.392 e. The highest BCUT2D eigenvalue weighted by Gasteiger charge is 2.24. The van der Waals surface area contributed by atoms with E-state index >= 15 is 0 Å². The van der Waals surface area contributed by atoms with Gasteiger partial charge in [-0.15, -0.1) is 0 Å². The second kappa shape index (κ2) is 5.16. The Bertz CT molecular complexity index is 548. The smallest absolute Gasteiger partial charge is 0.241 e. The number of benzene rings is 1. The number of halogens is 2. The van der Waals surface area contributed by atoms with Crippen molar-refractivity contribution in [2.75, 3.05) is 4.72 Å². The second-order valence-corrected chi connectivity index (χ2v) is 6.17. The molecular formula is C9H10ClFN2O2S2. The summed E-state index contributed by atoms with van der Waals surface area (Å²) >= 11 is 10.1. The first-order valence-corrected chi connectivity index (χ1v) is 6.84. The number of rotatable bonds is 4. The van der Waals surface area contributed by atoms with Gasteiger partial charge < -0.3 is 5.73 Å². The van der Waals surface area contributed by atoms with Gasteiger partial charge in [-0.2, -0.15) is 0 Å². The van der Waals surface area contributed by atoms with Crippen LogP contribution in [0.15, 0.2) is 18.2 Å². The Balaban J connectivity index is 3.07. The third-order valence-electron chi connectivity index (χ3n) is 2.07. The third-order valence-corrected chi connectivity index (χ3v) is 4.55. The molecule has 3 N–H and O–H groups in total. The molecule has 0 bridgehead atoms. The average molecular weight is 297 g/mol. The summed E-state index contributed by atoms with van der Waals surface area (Å²) in [7, 11) is -3.87. The molecule has 17 heavy (non-hydrogen) atoms. The van der Waals surface area contributed by atoms with Gasteiger partial charge in [0.25, 0.3) is 0 Å². The van der Waals surface area contributed by atoms with Gasteiger partial charge in [0.2, 0.25) is 10.0 Å². The first-order valence-electron chi connectivity index (χ1n) is 4.50. The van der Waals surface area contributed by atoms with Gasteiger partial charge in [0, 0.05) is 0 Å². The van der Waals surface area contributed by atoms with E-state index in [1.165, 1.54) is 25.1 Å². The van der Waals surface area contributed by atoms with Crippen molar-refractivity contribution in [2.24, 2.45) is 5.73 Å². The largest absolute Gasteiger partial charge is 0.392 e. The van der Waals surface area contributed by atoms with Gasteiger partial charge in [-0.1, -0.05) is 29.9 Å². The summed E-state index contributed by atoms with van der Waals surface area (Å²) in [5.41, 5.74) is 5.00. The van der Waals surface area contributed by atoms with E-state index in [9.17, 15) is 12.8 Å². The van der Waals surface area contributed by atoms with E-state index in [0.29, 0.717) is 0 Å². The molecule has 1 unspecified atom stereocenters. The first kappa shape index (κ1) is 14.1. The Morgan fingerprint density at radius 1 is 1.59 bits per heavy atom. The zero-order valence-electron chi connectivity index (χ0n) is 8.78. The summed E-state index contributed by atoms with van der Waals surface area (Å²) in [6.07, 6.45) is 0. The molecule has 0 saturated carbocycles. The third kappa shape index (κ3) is 3.27. The lowest BCUT2D eigenvalue weighted by molar-refractivity contribution is 0.596. The van der Waals surface area contributed by atoms with Crippen molar-refractivity contribution in [3.63, 3.8) is 0 Å². The quantitative estimate of drug-likeness (QED) is 0.832. The van der Waals surface area contributed by atoms with E-state index in [-0.39, 0.29) is 15.7 Å². The van der Waals surface area contributed by atoms with E-state index in [1.54, 1.807) is 0 Å². The van der Waals surface area contributed by atoms with Crippen molar-refractivity contribution in [3.05, 3.63) is 29.0 Å². The molecule has 0 amide bonds. The molecule has 0 fully saturated rings. The summed E-state index contributed by atoms with van der Waals surface area (Å²) in [5.74, 6) is -0.840. The SMILES string of the molecule is CC(C(N)=S)S(=O)(=O)Nc1cccc(Cl)c1F. The normalized spacial score (nSPS) is 13.1. The van der Waals surface area contributed by atoms with Crippen LogP contribution < -0.4 is 10.5 Å². The lowest BCUT2D eigenvalue weighted by Gasteiger charge is -2.14. The van der Waals surface area contributed by atoms with E-state index in [0.717, 1.165) is 0 Å². The van der Waals surface area contributed by atoms with Crippen molar-refractivity contribution in [3.8, 4) is 0 Å². The molecule has 0 aliphatic carbocycles. The summed E-state index contributed by atoms with van der Waals surface area (Å²) in [4.78, 5) is -0.195. The van der Waals surface area contributed by atoms with Crippen molar-refractivity contribution >= 4 is 44.5 Å². The van der Waals surface area contributed by atoms with Crippen molar-refractivity contribution in [2.45, 2.75) is 12.2 Å². The molecule has 0 radical (unpaired) electrons. The Morgan fingerprint density at radius 2 is 2.18 bits per heavy atom. The molecule has 1 atom stereocenters. The molecule has 1 aromatic rings. The number of sulfonamides is 1. The Labute approximate surface area is 109 Å². The van der Waals surface area contributed by atoms with Crippen LogP contribution >= 0.6 is 23.8 Å². The number of hydrogen-bond acceptors (Lipinski definition) is 3. The van der Waals surface area contributed by atoms with E-state index in [1.807, 2.05) is 0 Å². The Morgan fingerprint density at radius 3 is 2.71 bits per heavy atom. The fraction of sp³-hybridized carbons (Fsp3) is 0.222. The molecule has 0 aliphatic heterocycles. The van der Waals surface area contributed by atoms with Crippen LogP contribution in [0, 0.1) is 5.82 Å². The molecule has 94 valence electrons. The predicted molar refractivity (Wildman–Crippen MR) is 70.2 cm³/mol. The van der Waals surface area contributed by atoms with Crippen LogP contribution in [0.3, 0.4) is 0 Å². The fourth-order valence-corrected chi connectivity index (χ4v) is 2.48. The molecule has 0 heterocycles. The molecule has 4 nitrogen and oxygen atoms in total. The second-order valence-electron chi connectivity index (χ2n) is 3.29. The van der Waals surface area contributed by atoms with Gasteiger partial charge in [-0.3, -0.25) is 4.72 Å². The van der Waals surface area contributed by atoms with E-state index in [2.05, 4.69) is 16.9 Å². The van der Waals surface area contributed by atoms with Crippen LogP contribution in [-0.2, 0) is 10.0 Å². The minimum absolute atomic E-state index is 0.173. The van der Waals surface area contributed by atoms with Gasteiger partial charge >= 0.3 is 0 Å². The number of thiocarbonyl (C=S) groups is 1. The van der Waals surface area contributed by atoms with Gasteiger partial charge in [0.05, 0.1) is 15.7 Å². The molecule has 0 aliphatic rings. The zero-order valence-corrected chi connectivity index (χ0v) is 11.2. The standard InChI is InChI=1S/C9H10ClFN2O2S2/c1-5(9(12)16)17(14,15)13-7-4-2-3-6(10)8(7)11/h2-5,13H,1H3,(H2,12,16). The van der Waals surface area contributed by atoms with Crippen LogP contribution in [-0.4, -0.2) is 18.7 Å². The van der Waals surface area contributed by atoms with Gasteiger partial charge in [-0.05, 0) is 19.1 Å². The molecule has 0 saturated heterocycles. The van der Waals surface area contributed by atoms with Crippen molar-refractivity contribution < 1.29 is 12.8 Å². The van der Waals surface area contributed by atoms with Gasteiger partial charge in [0.1, 0.15) is 5.25 Å². The highest BCUT2D eigenvalue weighted by Crippen LogP contribution is 2.23. The number of nitrogens with one attached hydrogen (secondary N) is 1. The summed E-state index contributed by atoms with van der Waals surface area (Å²) in [6.45, 7) is 1.31. The maximum absolute atomic E-state index is 13.5.